The van der Waals surface area contributed by atoms with Crippen molar-refractivity contribution in [2.75, 3.05) is 10.0 Å². The van der Waals surface area contributed by atoms with Crippen molar-refractivity contribution in [3.8, 4) is 0 Å². The number of ether oxygens (including phenoxy) is 1. The quantitative estimate of drug-likeness (QED) is 0.192. The molecule has 0 spiro atoms. The molecule has 0 aliphatic carbocycles. The Bertz CT molecular complexity index is 958. The van der Waals surface area contributed by atoms with Crippen LogP contribution < -0.4 is 10.0 Å². The predicted molar refractivity (Wildman–Crippen MR) is 89.4 cm³/mol. The molecule has 10 nitrogen and oxygen atoms in total. The molecular weight excluding hydrogens is 368 g/mol. The summed E-state index contributed by atoms with van der Waals surface area (Å²) in [5.74, 6) is -3.89. The van der Waals surface area contributed by atoms with Gasteiger partial charge >= 0.3 is 22.2 Å². The monoisotopic (exact) mass is 382 g/mol. The summed E-state index contributed by atoms with van der Waals surface area (Å²) < 4.78 is 36.5. The van der Waals surface area contributed by atoms with Crippen LogP contribution in [0.25, 0.3) is 0 Å². The normalized spacial score (nSPS) is 16.9. The second kappa shape index (κ2) is 6.98. The number of cyclic esters (lactones) is 2. The van der Waals surface area contributed by atoms with Crippen molar-refractivity contribution < 1.29 is 37.2 Å². The van der Waals surface area contributed by atoms with Crippen LogP contribution in [0.15, 0.2) is 46.9 Å². The molecule has 0 bridgehead atoms. The third kappa shape index (κ3) is 4.26. The van der Waals surface area contributed by atoms with Gasteiger partial charge in [-0.2, -0.15) is 8.42 Å². The van der Waals surface area contributed by atoms with Crippen molar-refractivity contribution in [3.63, 3.8) is 0 Å². The highest BCUT2D eigenvalue weighted by molar-refractivity contribution is 7.87. The van der Waals surface area contributed by atoms with Crippen molar-refractivity contribution in [2.45, 2.75) is 13.8 Å². The molecule has 1 aromatic carbocycles. The number of Topliss-reactive ketones (excluding diaryl/α,β-unsaturated/α-hetero) is 1. The summed E-state index contributed by atoms with van der Waals surface area (Å²) in [5.41, 5.74) is -0.442. The van der Waals surface area contributed by atoms with E-state index in [9.17, 15) is 27.9 Å². The highest BCUT2D eigenvalue weighted by atomic mass is 32.2. The Balaban J connectivity index is 2.35. The summed E-state index contributed by atoms with van der Waals surface area (Å²) in [6, 6.07) is 5.49. The smallest absolute Gasteiger partial charge is 0.357 e. The van der Waals surface area contributed by atoms with Gasteiger partial charge in [-0.1, -0.05) is 0 Å². The number of rotatable bonds is 5. The maximum Gasteiger partial charge on any atom is 0.357 e. The maximum atomic E-state index is 11.9. The first-order valence-electron chi connectivity index (χ1n) is 7.04. The fourth-order valence-electron chi connectivity index (χ4n) is 2.20. The van der Waals surface area contributed by atoms with Crippen LogP contribution in [0.4, 0.5) is 11.4 Å². The number of esters is 2. The lowest BCUT2D eigenvalue weighted by Crippen LogP contribution is -2.29. The van der Waals surface area contributed by atoms with Gasteiger partial charge in [-0.25, -0.2) is 9.59 Å². The first-order chi connectivity index (χ1) is 12.0. The average Bonchev–Trinajstić information content (AvgIpc) is 2.46. The third-order valence-electron chi connectivity index (χ3n) is 3.26. The molecule has 1 heterocycles. The lowest BCUT2D eigenvalue weighted by molar-refractivity contribution is -0.155. The Labute approximate surface area is 148 Å². The standard InChI is InChI=1S/C15H14N2O8S/c1-7(11-13(19)12(8(2)18)15(21)25-14(11)20)16-9-3-5-10(6-4-9)17-26(22,23)24/h3-6,16-17,19H,1-2H3,(H,22,23,24). The van der Waals surface area contributed by atoms with Crippen molar-refractivity contribution in [1.29, 1.82) is 0 Å². The third-order valence-corrected chi connectivity index (χ3v) is 3.75. The van der Waals surface area contributed by atoms with E-state index in [1.165, 1.54) is 31.2 Å². The van der Waals surface area contributed by atoms with E-state index in [2.05, 4.69) is 10.1 Å². The molecule has 0 aromatic heterocycles. The fourth-order valence-corrected chi connectivity index (χ4v) is 2.63. The molecule has 11 heteroatoms. The molecule has 0 amide bonds. The van der Waals surface area contributed by atoms with Crippen molar-refractivity contribution >= 4 is 39.4 Å². The molecule has 1 aliphatic rings. The van der Waals surface area contributed by atoms with Gasteiger partial charge in [-0.05, 0) is 38.1 Å². The molecule has 0 atom stereocenters. The zero-order valence-electron chi connectivity index (χ0n) is 13.6. The van der Waals surface area contributed by atoms with Gasteiger partial charge in [0.05, 0.1) is 5.69 Å². The van der Waals surface area contributed by atoms with Gasteiger partial charge in [0.25, 0.3) is 0 Å². The summed E-state index contributed by atoms with van der Waals surface area (Å²) in [6.07, 6.45) is 0. The minimum atomic E-state index is -4.41. The van der Waals surface area contributed by atoms with Gasteiger partial charge in [0.2, 0.25) is 0 Å². The van der Waals surface area contributed by atoms with E-state index in [1.807, 2.05) is 4.72 Å². The number of carbonyl (C=O) groups is 3. The molecule has 26 heavy (non-hydrogen) atoms. The molecule has 138 valence electrons. The summed E-state index contributed by atoms with van der Waals surface area (Å²) in [7, 11) is -4.41. The van der Waals surface area contributed by atoms with Crippen LogP contribution in [0.5, 0.6) is 0 Å². The topological polar surface area (TPSA) is 159 Å². The molecule has 0 saturated heterocycles. The molecule has 1 aromatic rings. The Hall–Kier alpha value is -3.18. The molecule has 0 unspecified atom stereocenters. The SMILES string of the molecule is CC(=O)C1=C(O)C(=C(C)Nc2ccc(NS(=O)(=O)O)cc2)C(=O)OC1=O. The Morgan fingerprint density at radius 2 is 1.58 bits per heavy atom. The zero-order chi connectivity index (χ0) is 19.6. The molecule has 2 rings (SSSR count). The van der Waals surface area contributed by atoms with Crippen LogP contribution in [0.1, 0.15) is 13.8 Å². The van der Waals surface area contributed by atoms with E-state index >= 15 is 0 Å². The van der Waals surface area contributed by atoms with Gasteiger partial charge in [-0.3, -0.25) is 14.1 Å². The van der Waals surface area contributed by atoms with Crippen molar-refractivity contribution in [3.05, 3.63) is 46.9 Å². The van der Waals surface area contributed by atoms with Crippen LogP contribution in [0, 0.1) is 0 Å². The molecule has 0 saturated carbocycles. The van der Waals surface area contributed by atoms with Crippen molar-refractivity contribution in [1.82, 2.24) is 0 Å². The summed E-state index contributed by atoms with van der Waals surface area (Å²) >= 11 is 0. The zero-order valence-corrected chi connectivity index (χ0v) is 14.4. The maximum absolute atomic E-state index is 11.9. The van der Waals surface area contributed by atoms with Crippen LogP contribution in [-0.2, 0) is 29.4 Å². The van der Waals surface area contributed by atoms with Crippen LogP contribution >= 0.6 is 0 Å². The van der Waals surface area contributed by atoms with E-state index < -0.39 is 39.4 Å². The van der Waals surface area contributed by atoms with Gasteiger partial charge in [0.1, 0.15) is 16.9 Å². The second-order valence-electron chi connectivity index (χ2n) is 5.24. The predicted octanol–water partition coefficient (Wildman–Crippen LogP) is 1.07. The second-order valence-corrected chi connectivity index (χ2v) is 6.39. The largest absolute Gasteiger partial charge is 0.506 e. The molecular formula is C15H14N2O8S. The van der Waals surface area contributed by atoms with Gasteiger partial charge in [0.15, 0.2) is 5.78 Å². The number of allylic oxidation sites excluding steroid dienone is 1. The van der Waals surface area contributed by atoms with Crippen LogP contribution in [0.2, 0.25) is 0 Å². The van der Waals surface area contributed by atoms with E-state index in [-0.39, 0.29) is 17.0 Å². The number of anilines is 2. The molecule has 1 aliphatic heterocycles. The Morgan fingerprint density at radius 3 is 2.08 bits per heavy atom. The number of aliphatic hydroxyl groups excluding tert-OH is 1. The Kier molecular flexibility index (Phi) is 5.14. The average molecular weight is 382 g/mol. The molecule has 0 radical (unpaired) electrons. The van der Waals surface area contributed by atoms with Gasteiger partial charge in [0, 0.05) is 11.4 Å². The van der Waals surface area contributed by atoms with Gasteiger partial charge < -0.3 is 15.2 Å². The van der Waals surface area contributed by atoms with E-state index in [1.54, 1.807) is 0 Å². The number of hydrogen-bond donors (Lipinski definition) is 4. The fraction of sp³-hybridized carbons (Fsp3) is 0.133. The van der Waals surface area contributed by atoms with E-state index in [4.69, 9.17) is 4.55 Å². The van der Waals surface area contributed by atoms with Gasteiger partial charge in [-0.15, -0.1) is 0 Å². The number of ketones is 1. The number of aliphatic hydroxyl groups is 1. The van der Waals surface area contributed by atoms with E-state index in [0.717, 1.165) is 6.92 Å². The lowest BCUT2D eigenvalue weighted by Gasteiger charge is -2.18. The minimum absolute atomic E-state index is 0.0904. The van der Waals surface area contributed by atoms with Crippen LogP contribution in [0.3, 0.4) is 0 Å². The minimum Gasteiger partial charge on any atom is -0.506 e. The van der Waals surface area contributed by atoms with Crippen molar-refractivity contribution in [2.24, 2.45) is 0 Å². The first kappa shape index (κ1) is 19.1. The molecule has 0 fully saturated rings. The Morgan fingerprint density at radius 1 is 1.04 bits per heavy atom. The number of nitrogens with one attached hydrogen (secondary N) is 2. The summed E-state index contributed by atoms with van der Waals surface area (Å²) in [6.45, 7) is 2.45. The molecule has 4 N–H and O–H groups in total. The first-order valence-corrected chi connectivity index (χ1v) is 8.48. The summed E-state index contributed by atoms with van der Waals surface area (Å²) in [4.78, 5) is 34.9. The number of carbonyl (C=O) groups excluding carboxylic acids is 3. The highest BCUT2D eigenvalue weighted by Crippen LogP contribution is 2.26. The lowest BCUT2D eigenvalue weighted by atomic mass is 10.0. The summed E-state index contributed by atoms with van der Waals surface area (Å²) in [5, 5.41) is 12.9. The number of hydrogen-bond acceptors (Lipinski definition) is 8. The van der Waals surface area contributed by atoms with Crippen LogP contribution in [-0.4, -0.2) is 35.8 Å². The highest BCUT2D eigenvalue weighted by Gasteiger charge is 2.36. The number of benzene rings is 1. The van der Waals surface area contributed by atoms with E-state index in [0.29, 0.717) is 5.69 Å².